The maximum atomic E-state index is 13.2. The summed E-state index contributed by atoms with van der Waals surface area (Å²) < 4.78 is 37.6. The third-order valence-electron chi connectivity index (χ3n) is 4.77. The van der Waals surface area contributed by atoms with Gasteiger partial charge in [0, 0.05) is 19.2 Å². The summed E-state index contributed by atoms with van der Waals surface area (Å²) in [5, 5.41) is 2.61. The first-order chi connectivity index (χ1) is 14.6. The molecule has 2 rings (SSSR count). The van der Waals surface area contributed by atoms with E-state index >= 15 is 0 Å². The summed E-state index contributed by atoms with van der Waals surface area (Å²) in [7, 11) is 0.0929. The third kappa shape index (κ3) is 5.83. The molecule has 2 aromatic rings. The van der Waals surface area contributed by atoms with E-state index in [2.05, 4.69) is 5.32 Å². The Morgan fingerprint density at radius 3 is 2.26 bits per heavy atom. The zero-order valence-electron chi connectivity index (χ0n) is 18.3. The van der Waals surface area contributed by atoms with Gasteiger partial charge in [0.15, 0.2) is 0 Å². The first-order valence-corrected chi connectivity index (χ1v) is 11.1. The van der Waals surface area contributed by atoms with Crippen LogP contribution in [0.5, 0.6) is 5.75 Å². The zero-order valence-corrected chi connectivity index (χ0v) is 19.1. The van der Waals surface area contributed by atoms with Gasteiger partial charge in [0.05, 0.1) is 14.2 Å². The lowest BCUT2D eigenvalue weighted by atomic mass is 10.0. The number of esters is 1. The summed E-state index contributed by atoms with van der Waals surface area (Å²) in [5.74, 6) is -1.26. The molecule has 1 atom stereocenters. The van der Waals surface area contributed by atoms with Crippen LogP contribution in [0.3, 0.4) is 0 Å². The molecule has 31 heavy (non-hydrogen) atoms. The van der Waals surface area contributed by atoms with Crippen molar-refractivity contribution in [3.05, 3.63) is 59.7 Å². The third-order valence-corrected chi connectivity index (χ3v) is 6.60. The van der Waals surface area contributed by atoms with Crippen LogP contribution in [0.4, 0.5) is 0 Å². The highest BCUT2D eigenvalue weighted by Crippen LogP contribution is 2.28. The smallest absolute Gasteiger partial charge is 0.328 e. The van der Waals surface area contributed by atoms with E-state index in [1.807, 2.05) is 30.3 Å². The highest BCUT2D eigenvalue weighted by atomic mass is 32.2. The molecule has 1 unspecified atom stereocenters. The number of hydrogen-bond donors (Lipinski definition) is 1. The van der Waals surface area contributed by atoms with Crippen molar-refractivity contribution >= 4 is 21.9 Å². The van der Waals surface area contributed by atoms with Crippen LogP contribution in [0.15, 0.2) is 53.4 Å². The second-order valence-corrected chi connectivity index (χ2v) is 9.34. The van der Waals surface area contributed by atoms with Crippen LogP contribution >= 0.6 is 0 Å². The average molecular weight is 449 g/mol. The number of nitrogens with zero attached hydrogens (tertiary/aromatic N) is 1. The number of sulfonamides is 1. The number of benzene rings is 2. The number of methoxy groups -OCH3 is 2. The first kappa shape index (κ1) is 24.4. The molecule has 0 saturated carbocycles. The van der Waals surface area contributed by atoms with Crippen LogP contribution in [0.25, 0.3) is 0 Å². The molecule has 0 saturated heterocycles. The number of hydrogen-bond acceptors (Lipinski definition) is 6. The SMILES string of the molecule is COC(=O)C(NC(=O)c1ccc(OC)c(S(=O)(=O)N(C)Cc2ccccc2)c1)C(C)C. The molecular formula is C22H28N2O6S. The van der Waals surface area contributed by atoms with E-state index < -0.39 is 27.9 Å². The standard InChI is InChI=1S/C22H28N2O6S/c1-15(2)20(22(26)30-5)23-21(25)17-11-12-18(29-4)19(13-17)31(27,28)24(3)14-16-9-7-6-8-10-16/h6-13,15,20H,14H2,1-5H3,(H,23,25). The molecule has 0 aliphatic rings. The summed E-state index contributed by atoms with van der Waals surface area (Å²) in [4.78, 5) is 24.6. The first-order valence-electron chi connectivity index (χ1n) is 9.68. The minimum atomic E-state index is -3.97. The van der Waals surface area contributed by atoms with Gasteiger partial charge in [0.1, 0.15) is 16.7 Å². The van der Waals surface area contributed by atoms with Crippen molar-refractivity contribution in [1.29, 1.82) is 0 Å². The van der Waals surface area contributed by atoms with Gasteiger partial charge in [0.2, 0.25) is 10.0 Å². The topological polar surface area (TPSA) is 102 Å². The molecule has 0 aliphatic carbocycles. The Balaban J connectivity index is 2.36. The molecular weight excluding hydrogens is 420 g/mol. The average Bonchev–Trinajstić information content (AvgIpc) is 2.76. The molecule has 1 N–H and O–H groups in total. The fourth-order valence-corrected chi connectivity index (χ4v) is 4.30. The summed E-state index contributed by atoms with van der Waals surface area (Å²) in [6.07, 6.45) is 0. The van der Waals surface area contributed by atoms with E-state index in [1.165, 1.54) is 43.8 Å². The highest BCUT2D eigenvalue weighted by molar-refractivity contribution is 7.89. The maximum absolute atomic E-state index is 13.2. The number of rotatable bonds is 9. The molecule has 1 amide bonds. The molecule has 8 nitrogen and oxygen atoms in total. The highest BCUT2D eigenvalue weighted by Gasteiger charge is 2.29. The van der Waals surface area contributed by atoms with Crippen LogP contribution in [-0.4, -0.2) is 51.9 Å². The van der Waals surface area contributed by atoms with Gasteiger partial charge in [-0.25, -0.2) is 13.2 Å². The predicted molar refractivity (Wildman–Crippen MR) is 116 cm³/mol. The van der Waals surface area contributed by atoms with E-state index in [4.69, 9.17) is 9.47 Å². The second kappa shape index (κ2) is 10.4. The number of carbonyl (C=O) groups is 2. The molecule has 0 radical (unpaired) electrons. The van der Waals surface area contributed by atoms with Crippen molar-refractivity contribution in [1.82, 2.24) is 9.62 Å². The van der Waals surface area contributed by atoms with Crippen molar-refractivity contribution in [3.63, 3.8) is 0 Å². The molecule has 0 bridgehead atoms. The lowest BCUT2D eigenvalue weighted by molar-refractivity contribution is -0.144. The van der Waals surface area contributed by atoms with Gasteiger partial charge < -0.3 is 14.8 Å². The van der Waals surface area contributed by atoms with Gasteiger partial charge in [-0.2, -0.15) is 4.31 Å². The van der Waals surface area contributed by atoms with E-state index in [-0.39, 0.29) is 28.7 Å². The lowest BCUT2D eigenvalue weighted by Crippen LogP contribution is -2.45. The molecule has 2 aromatic carbocycles. The van der Waals surface area contributed by atoms with E-state index in [9.17, 15) is 18.0 Å². The van der Waals surface area contributed by atoms with Crippen LogP contribution in [0.2, 0.25) is 0 Å². The van der Waals surface area contributed by atoms with Crippen molar-refractivity contribution < 1.29 is 27.5 Å². The molecule has 0 spiro atoms. The minimum Gasteiger partial charge on any atom is -0.495 e. The van der Waals surface area contributed by atoms with Gasteiger partial charge in [-0.15, -0.1) is 0 Å². The van der Waals surface area contributed by atoms with Crippen molar-refractivity contribution in [2.24, 2.45) is 5.92 Å². The molecule has 9 heteroatoms. The van der Waals surface area contributed by atoms with Crippen LogP contribution < -0.4 is 10.1 Å². The number of ether oxygens (including phenoxy) is 2. The molecule has 0 heterocycles. The number of nitrogens with one attached hydrogen (secondary N) is 1. The van der Waals surface area contributed by atoms with Gasteiger partial charge in [-0.1, -0.05) is 44.2 Å². The van der Waals surface area contributed by atoms with Crippen LogP contribution in [0, 0.1) is 5.92 Å². The minimum absolute atomic E-state index is 0.0852. The van der Waals surface area contributed by atoms with E-state index in [1.54, 1.807) is 13.8 Å². The largest absolute Gasteiger partial charge is 0.495 e. The monoisotopic (exact) mass is 448 g/mol. The van der Waals surface area contributed by atoms with Crippen molar-refractivity contribution in [2.75, 3.05) is 21.3 Å². The summed E-state index contributed by atoms with van der Waals surface area (Å²) in [5.41, 5.74) is 0.904. The Morgan fingerprint density at radius 1 is 1.06 bits per heavy atom. The zero-order chi connectivity index (χ0) is 23.2. The van der Waals surface area contributed by atoms with Crippen LogP contribution in [0.1, 0.15) is 29.8 Å². The Morgan fingerprint density at radius 2 is 1.71 bits per heavy atom. The second-order valence-electron chi connectivity index (χ2n) is 7.33. The quantitative estimate of drug-likeness (QED) is 0.591. The number of amides is 1. The maximum Gasteiger partial charge on any atom is 0.328 e. The van der Waals surface area contributed by atoms with Crippen molar-refractivity contribution in [3.8, 4) is 5.75 Å². The van der Waals surface area contributed by atoms with Gasteiger partial charge in [0.25, 0.3) is 5.91 Å². The molecule has 168 valence electrons. The Hall–Kier alpha value is -2.91. The fourth-order valence-electron chi connectivity index (χ4n) is 2.96. The molecule has 0 aliphatic heterocycles. The van der Waals surface area contributed by atoms with Gasteiger partial charge in [-0.3, -0.25) is 4.79 Å². The lowest BCUT2D eigenvalue weighted by Gasteiger charge is -2.21. The van der Waals surface area contributed by atoms with Crippen molar-refractivity contribution in [2.45, 2.75) is 31.3 Å². The Bertz CT molecular complexity index is 1020. The number of carbonyl (C=O) groups excluding carboxylic acids is 2. The predicted octanol–water partition coefficient (Wildman–Crippen LogP) is 2.44. The van der Waals surface area contributed by atoms with Gasteiger partial charge >= 0.3 is 5.97 Å². The fraction of sp³-hybridized carbons (Fsp3) is 0.364. The van der Waals surface area contributed by atoms with Gasteiger partial charge in [-0.05, 0) is 29.7 Å². The van der Waals surface area contributed by atoms with Crippen LogP contribution in [-0.2, 0) is 26.1 Å². The molecule has 0 aromatic heterocycles. The van der Waals surface area contributed by atoms with E-state index in [0.29, 0.717) is 0 Å². The Kier molecular flexibility index (Phi) is 8.18. The Labute approximate surface area is 183 Å². The summed E-state index contributed by atoms with van der Waals surface area (Å²) in [6.45, 7) is 3.69. The normalized spacial score (nSPS) is 12.5. The summed E-state index contributed by atoms with van der Waals surface area (Å²) in [6, 6.07) is 12.4. The van der Waals surface area contributed by atoms with E-state index in [0.717, 1.165) is 5.56 Å². The summed E-state index contributed by atoms with van der Waals surface area (Å²) >= 11 is 0. The molecule has 0 fully saturated rings.